The van der Waals surface area contributed by atoms with Crippen molar-refractivity contribution in [3.8, 4) is 0 Å². The fourth-order valence-corrected chi connectivity index (χ4v) is 1.92. The van der Waals surface area contributed by atoms with Crippen LogP contribution in [0.2, 0.25) is 0 Å². The fourth-order valence-electron chi connectivity index (χ4n) is 1.92. The summed E-state index contributed by atoms with van der Waals surface area (Å²) in [6, 6.07) is 0.918. The van der Waals surface area contributed by atoms with Crippen LogP contribution < -0.4 is 5.32 Å². The van der Waals surface area contributed by atoms with Crippen molar-refractivity contribution in [3.05, 3.63) is 18.6 Å². The predicted molar refractivity (Wildman–Crippen MR) is 62.9 cm³/mol. The van der Waals surface area contributed by atoms with E-state index >= 15 is 0 Å². The zero-order chi connectivity index (χ0) is 14.8. The second-order valence-corrected chi connectivity index (χ2v) is 4.54. The molecule has 1 aliphatic heterocycles. The van der Waals surface area contributed by atoms with Gasteiger partial charge in [0, 0.05) is 32.1 Å². The molecule has 2 heterocycles. The number of halogens is 3. The lowest BCUT2D eigenvalue weighted by molar-refractivity contribution is -0.271. The quantitative estimate of drug-likeness (QED) is 0.819. The number of anilines is 1. The minimum Gasteiger partial charge on any atom is -0.380 e. The molecule has 0 saturated carbocycles. The molecule has 20 heavy (non-hydrogen) atoms. The molecule has 0 aromatic carbocycles. The van der Waals surface area contributed by atoms with Gasteiger partial charge in [-0.1, -0.05) is 0 Å². The number of rotatable bonds is 1. The third-order valence-corrected chi connectivity index (χ3v) is 3.22. The summed E-state index contributed by atoms with van der Waals surface area (Å²) in [6.07, 6.45) is -3.07. The van der Waals surface area contributed by atoms with Gasteiger partial charge < -0.3 is 10.0 Å². The first-order valence-corrected chi connectivity index (χ1v) is 5.93. The van der Waals surface area contributed by atoms with Crippen molar-refractivity contribution >= 4 is 11.8 Å². The van der Waals surface area contributed by atoms with E-state index in [0.717, 1.165) is 0 Å². The lowest BCUT2D eigenvalue weighted by Crippen LogP contribution is -2.55. The van der Waals surface area contributed by atoms with Crippen LogP contribution in [0.4, 0.5) is 23.8 Å². The Balaban J connectivity index is 1.93. The molecule has 2 rings (SSSR count). The number of urea groups is 1. The molecular weight excluding hydrogens is 277 g/mol. The molecule has 0 unspecified atom stereocenters. The van der Waals surface area contributed by atoms with Gasteiger partial charge in [0.25, 0.3) is 0 Å². The number of piperidine rings is 1. The van der Waals surface area contributed by atoms with E-state index in [1.54, 1.807) is 0 Å². The van der Waals surface area contributed by atoms with E-state index in [1.165, 1.54) is 23.5 Å². The van der Waals surface area contributed by atoms with Crippen LogP contribution in [0, 0.1) is 0 Å². The van der Waals surface area contributed by atoms with Gasteiger partial charge in [-0.2, -0.15) is 13.2 Å². The highest BCUT2D eigenvalue weighted by atomic mass is 19.4. The van der Waals surface area contributed by atoms with E-state index in [9.17, 15) is 23.1 Å². The van der Waals surface area contributed by atoms with E-state index in [-0.39, 0.29) is 18.9 Å². The molecule has 1 aromatic heterocycles. The minimum absolute atomic E-state index is 0.174. The lowest BCUT2D eigenvalue weighted by atomic mass is 9.91. The molecule has 2 N–H and O–H groups in total. The van der Waals surface area contributed by atoms with Crippen LogP contribution in [0.1, 0.15) is 12.8 Å². The number of alkyl halides is 3. The first-order chi connectivity index (χ1) is 9.32. The Morgan fingerprint density at radius 1 is 1.40 bits per heavy atom. The largest absolute Gasteiger partial charge is 0.417 e. The third kappa shape index (κ3) is 2.98. The van der Waals surface area contributed by atoms with Crippen LogP contribution in [0.25, 0.3) is 0 Å². The van der Waals surface area contributed by atoms with Crippen molar-refractivity contribution in [2.45, 2.75) is 24.6 Å². The van der Waals surface area contributed by atoms with E-state index in [2.05, 4.69) is 15.3 Å². The lowest BCUT2D eigenvalue weighted by Gasteiger charge is -2.38. The molecule has 1 aliphatic rings. The van der Waals surface area contributed by atoms with Crippen molar-refractivity contribution in [1.29, 1.82) is 0 Å². The van der Waals surface area contributed by atoms with Crippen LogP contribution in [-0.4, -0.2) is 50.9 Å². The monoisotopic (exact) mass is 290 g/mol. The molecule has 0 spiro atoms. The van der Waals surface area contributed by atoms with Crippen LogP contribution >= 0.6 is 0 Å². The van der Waals surface area contributed by atoms with Gasteiger partial charge in [0.1, 0.15) is 12.1 Å². The van der Waals surface area contributed by atoms with Gasteiger partial charge in [-0.25, -0.2) is 14.8 Å². The summed E-state index contributed by atoms with van der Waals surface area (Å²) in [5, 5.41) is 11.9. The maximum atomic E-state index is 12.6. The van der Waals surface area contributed by atoms with Crippen LogP contribution in [0.15, 0.2) is 18.6 Å². The zero-order valence-corrected chi connectivity index (χ0v) is 10.4. The molecule has 1 aromatic rings. The average Bonchev–Trinajstić information content (AvgIpc) is 2.39. The van der Waals surface area contributed by atoms with E-state index in [0.29, 0.717) is 0 Å². The normalized spacial score (nSPS) is 18.7. The third-order valence-electron chi connectivity index (χ3n) is 3.22. The van der Waals surface area contributed by atoms with Crippen molar-refractivity contribution in [3.63, 3.8) is 0 Å². The summed E-state index contributed by atoms with van der Waals surface area (Å²) in [4.78, 5) is 20.5. The predicted octanol–water partition coefficient (Wildman–Crippen LogP) is 1.40. The highest BCUT2D eigenvalue weighted by Gasteiger charge is 2.54. The summed E-state index contributed by atoms with van der Waals surface area (Å²) in [5.74, 6) is 0.265. The number of carbonyl (C=O) groups is 1. The minimum atomic E-state index is -4.68. The van der Waals surface area contributed by atoms with Gasteiger partial charge in [-0.05, 0) is 6.07 Å². The Hall–Kier alpha value is -1.90. The topological polar surface area (TPSA) is 78.4 Å². The number of aliphatic hydroxyl groups is 1. The smallest absolute Gasteiger partial charge is 0.380 e. The number of likely N-dealkylation sites (tertiary alicyclic amines) is 1. The maximum Gasteiger partial charge on any atom is 0.417 e. The standard InChI is InChI=1S/C11H13F3N4O2/c12-11(13,14)10(20)2-5-18(6-3-10)9(19)17-8-1-4-15-7-16-8/h1,4,7,20H,2-3,5-6H2,(H,15,16,17,19). The molecular formula is C11H13F3N4O2. The fraction of sp³-hybridized carbons (Fsp3) is 0.545. The second-order valence-electron chi connectivity index (χ2n) is 4.54. The highest BCUT2D eigenvalue weighted by Crippen LogP contribution is 2.38. The molecule has 110 valence electrons. The van der Waals surface area contributed by atoms with Crippen LogP contribution in [0.5, 0.6) is 0 Å². The SMILES string of the molecule is O=C(Nc1ccncn1)N1CCC(O)(C(F)(F)F)CC1. The van der Waals surface area contributed by atoms with E-state index < -0.39 is 30.7 Å². The molecule has 1 fully saturated rings. The molecule has 0 radical (unpaired) electrons. The Morgan fingerprint density at radius 2 is 2.05 bits per heavy atom. The number of amides is 2. The number of nitrogens with one attached hydrogen (secondary N) is 1. The van der Waals surface area contributed by atoms with Gasteiger partial charge in [-0.3, -0.25) is 5.32 Å². The molecule has 0 atom stereocenters. The van der Waals surface area contributed by atoms with Crippen molar-refractivity contribution in [1.82, 2.24) is 14.9 Å². The summed E-state index contributed by atoms with van der Waals surface area (Å²) < 4.78 is 37.8. The van der Waals surface area contributed by atoms with Crippen LogP contribution in [0.3, 0.4) is 0 Å². The first-order valence-electron chi connectivity index (χ1n) is 5.93. The van der Waals surface area contributed by atoms with Crippen molar-refractivity contribution in [2.24, 2.45) is 0 Å². The van der Waals surface area contributed by atoms with Crippen molar-refractivity contribution in [2.75, 3.05) is 18.4 Å². The zero-order valence-electron chi connectivity index (χ0n) is 10.4. The Kier molecular flexibility index (Phi) is 3.80. The molecule has 1 saturated heterocycles. The number of carbonyl (C=O) groups excluding carboxylic acids is 1. The second kappa shape index (κ2) is 5.23. The number of hydrogen-bond acceptors (Lipinski definition) is 4. The van der Waals surface area contributed by atoms with Gasteiger partial charge in [0.2, 0.25) is 0 Å². The summed E-state index contributed by atoms with van der Waals surface area (Å²) in [6.45, 7) is -0.347. The Labute approximate surface area is 112 Å². The van der Waals surface area contributed by atoms with Crippen LogP contribution in [-0.2, 0) is 0 Å². The Morgan fingerprint density at radius 3 is 2.55 bits per heavy atom. The molecule has 9 heteroatoms. The van der Waals surface area contributed by atoms with Gasteiger partial charge in [-0.15, -0.1) is 0 Å². The Bertz CT molecular complexity index is 472. The highest BCUT2D eigenvalue weighted by molar-refractivity contribution is 5.88. The van der Waals surface area contributed by atoms with Gasteiger partial charge in [0.15, 0.2) is 5.60 Å². The number of aromatic nitrogens is 2. The maximum absolute atomic E-state index is 12.6. The van der Waals surface area contributed by atoms with E-state index in [1.807, 2.05) is 0 Å². The molecule has 0 bridgehead atoms. The molecule has 0 aliphatic carbocycles. The summed E-state index contributed by atoms with van der Waals surface area (Å²) in [5.41, 5.74) is -2.71. The molecule has 2 amide bonds. The molecule has 6 nitrogen and oxygen atoms in total. The number of nitrogens with zero attached hydrogens (tertiary/aromatic N) is 3. The van der Waals surface area contributed by atoms with E-state index in [4.69, 9.17) is 0 Å². The van der Waals surface area contributed by atoms with Gasteiger partial charge in [0.05, 0.1) is 0 Å². The summed E-state index contributed by atoms with van der Waals surface area (Å²) >= 11 is 0. The number of hydrogen-bond donors (Lipinski definition) is 2. The van der Waals surface area contributed by atoms with Crippen molar-refractivity contribution < 1.29 is 23.1 Å². The van der Waals surface area contributed by atoms with Gasteiger partial charge >= 0.3 is 12.2 Å². The average molecular weight is 290 g/mol. The first kappa shape index (κ1) is 14.5. The summed E-state index contributed by atoms with van der Waals surface area (Å²) in [7, 11) is 0.